The van der Waals surface area contributed by atoms with E-state index in [2.05, 4.69) is 20.3 Å². The first kappa shape index (κ1) is 11.8. The molecular formula is C13H8ClFN4. The molecule has 4 nitrogen and oxygen atoms in total. The average molecular weight is 275 g/mol. The van der Waals surface area contributed by atoms with E-state index in [4.69, 9.17) is 11.6 Å². The van der Waals surface area contributed by atoms with Crippen LogP contribution in [-0.2, 0) is 0 Å². The molecule has 0 saturated heterocycles. The minimum Gasteiger partial charge on any atom is -0.337 e. The minimum absolute atomic E-state index is 0.0118. The van der Waals surface area contributed by atoms with Gasteiger partial charge in [-0.25, -0.2) is 9.37 Å². The first-order valence-electron chi connectivity index (χ1n) is 5.53. The predicted molar refractivity (Wildman–Crippen MR) is 72.0 cm³/mol. The third kappa shape index (κ3) is 2.32. The molecule has 0 amide bonds. The Hall–Kier alpha value is -2.27. The highest BCUT2D eigenvalue weighted by molar-refractivity contribution is 6.28. The van der Waals surface area contributed by atoms with Crippen LogP contribution in [0.15, 0.2) is 42.7 Å². The van der Waals surface area contributed by atoms with Crippen LogP contribution in [0.25, 0.3) is 10.9 Å². The summed E-state index contributed by atoms with van der Waals surface area (Å²) in [5.41, 5.74) is 1.52. The second-order valence-electron chi connectivity index (χ2n) is 3.84. The molecule has 6 heteroatoms. The molecule has 1 aromatic carbocycles. The molecule has 0 spiro atoms. The number of benzene rings is 1. The summed E-state index contributed by atoms with van der Waals surface area (Å²) < 4.78 is 13.6. The highest BCUT2D eigenvalue weighted by atomic mass is 35.5. The van der Waals surface area contributed by atoms with Gasteiger partial charge in [0.1, 0.15) is 0 Å². The molecular weight excluding hydrogens is 267 g/mol. The zero-order valence-corrected chi connectivity index (χ0v) is 10.4. The van der Waals surface area contributed by atoms with Crippen LogP contribution in [-0.4, -0.2) is 15.0 Å². The smallest absolute Gasteiger partial charge is 0.224 e. The normalized spacial score (nSPS) is 10.6. The van der Waals surface area contributed by atoms with E-state index in [-0.39, 0.29) is 11.1 Å². The number of anilines is 2. The van der Waals surface area contributed by atoms with Crippen LogP contribution in [0, 0.1) is 5.82 Å². The van der Waals surface area contributed by atoms with Gasteiger partial charge in [0.2, 0.25) is 5.28 Å². The number of halogens is 2. The third-order valence-electron chi connectivity index (χ3n) is 2.61. The molecule has 0 radical (unpaired) electrons. The second-order valence-corrected chi connectivity index (χ2v) is 4.17. The summed E-state index contributed by atoms with van der Waals surface area (Å²) in [6.45, 7) is 0. The van der Waals surface area contributed by atoms with E-state index in [0.29, 0.717) is 5.69 Å². The van der Waals surface area contributed by atoms with E-state index < -0.39 is 5.82 Å². The van der Waals surface area contributed by atoms with Gasteiger partial charge in [-0.2, -0.15) is 4.98 Å². The zero-order valence-electron chi connectivity index (χ0n) is 9.64. The molecule has 0 aliphatic carbocycles. The quantitative estimate of drug-likeness (QED) is 0.726. The number of nitrogens with zero attached hydrogens (tertiary/aromatic N) is 3. The van der Waals surface area contributed by atoms with Gasteiger partial charge in [-0.05, 0) is 35.9 Å². The summed E-state index contributed by atoms with van der Waals surface area (Å²) in [6, 6.07) is 9.24. The molecule has 0 fully saturated rings. The number of hydrogen-bond donors (Lipinski definition) is 1. The molecule has 19 heavy (non-hydrogen) atoms. The summed E-state index contributed by atoms with van der Waals surface area (Å²) in [5, 5.41) is 3.77. The zero-order chi connectivity index (χ0) is 13.2. The van der Waals surface area contributed by atoms with E-state index in [1.165, 1.54) is 0 Å². The monoisotopic (exact) mass is 274 g/mol. The highest BCUT2D eigenvalue weighted by Gasteiger charge is 2.08. The maximum Gasteiger partial charge on any atom is 0.224 e. The Bertz CT molecular complexity index is 742. The summed E-state index contributed by atoms with van der Waals surface area (Å²) in [6.07, 6.45) is 2.73. The molecule has 2 heterocycles. The van der Waals surface area contributed by atoms with Crippen LogP contribution < -0.4 is 5.32 Å². The van der Waals surface area contributed by atoms with Gasteiger partial charge in [0.15, 0.2) is 11.6 Å². The summed E-state index contributed by atoms with van der Waals surface area (Å²) in [5.74, 6) is -0.526. The van der Waals surface area contributed by atoms with Gasteiger partial charge in [-0.3, -0.25) is 4.98 Å². The lowest BCUT2D eigenvalue weighted by Gasteiger charge is -2.09. The third-order valence-corrected chi connectivity index (χ3v) is 2.80. The van der Waals surface area contributed by atoms with Crippen LogP contribution in [0.4, 0.5) is 15.9 Å². The standard InChI is InChI=1S/C13H8ClFN4/c14-13-17-7-9(15)12(19-13)18-11-5-1-4-10-8(11)3-2-6-16-10/h1-7H,(H,17,18,19). The maximum atomic E-state index is 13.6. The number of aromatic nitrogens is 3. The second kappa shape index (κ2) is 4.78. The largest absolute Gasteiger partial charge is 0.337 e. The summed E-state index contributed by atoms with van der Waals surface area (Å²) >= 11 is 5.66. The average Bonchev–Trinajstić information content (AvgIpc) is 2.43. The molecule has 0 aliphatic rings. The van der Waals surface area contributed by atoms with Crippen LogP contribution in [0.5, 0.6) is 0 Å². The molecule has 0 atom stereocenters. The lowest BCUT2D eigenvalue weighted by molar-refractivity contribution is 0.619. The first-order chi connectivity index (χ1) is 9.24. The van der Waals surface area contributed by atoms with E-state index >= 15 is 0 Å². The Morgan fingerprint density at radius 3 is 2.89 bits per heavy atom. The van der Waals surface area contributed by atoms with Crippen LogP contribution >= 0.6 is 11.6 Å². The molecule has 2 aromatic heterocycles. The molecule has 0 saturated carbocycles. The van der Waals surface area contributed by atoms with Crippen LogP contribution in [0.2, 0.25) is 5.28 Å². The number of nitrogens with one attached hydrogen (secondary N) is 1. The van der Waals surface area contributed by atoms with E-state index in [1.54, 1.807) is 6.20 Å². The first-order valence-corrected chi connectivity index (χ1v) is 5.90. The van der Waals surface area contributed by atoms with E-state index in [1.807, 2.05) is 30.3 Å². The minimum atomic E-state index is -0.565. The molecule has 1 N–H and O–H groups in total. The fraction of sp³-hybridized carbons (Fsp3) is 0. The van der Waals surface area contributed by atoms with Gasteiger partial charge in [0, 0.05) is 17.3 Å². The van der Waals surface area contributed by atoms with Crippen molar-refractivity contribution in [3.8, 4) is 0 Å². The van der Waals surface area contributed by atoms with E-state index in [0.717, 1.165) is 17.1 Å². The highest BCUT2D eigenvalue weighted by Crippen LogP contribution is 2.25. The fourth-order valence-electron chi connectivity index (χ4n) is 1.77. The molecule has 0 unspecified atom stereocenters. The van der Waals surface area contributed by atoms with Crippen molar-refractivity contribution >= 4 is 34.0 Å². The predicted octanol–water partition coefficient (Wildman–Crippen LogP) is 3.56. The Morgan fingerprint density at radius 1 is 1.11 bits per heavy atom. The Kier molecular flexibility index (Phi) is 2.97. The molecule has 0 aliphatic heterocycles. The van der Waals surface area contributed by atoms with Crippen molar-refractivity contribution < 1.29 is 4.39 Å². The fourth-order valence-corrected chi connectivity index (χ4v) is 1.91. The van der Waals surface area contributed by atoms with Crippen LogP contribution in [0.1, 0.15) is 0 Å². The maximum absolute atomic E-state index is 13.6. The molecule has 94 valence electrons. The van der Waals surface area contributed by atoms with Crippen molar-refractivity contribution in [3.63, 3.8) is 0 Å². The Labute approximate surface area is 113 Å². The van der Waals surface area contributed by atoms with Gasteiger partial charge in [0.25, 0.3) is 0 Å². The topological polar surface area (TPSA) is 50.7 Å². The van der Waals surface area contributed by atoms with E-state index in [9.17, 15) is 4.39 Å². The van der Waals surface area contributed by atoms with Gasteiger partial charge in [-0.1, -0.05) is 6.07 Å². The van der Waals surface area contributed by atoms with Crippen molar-refractivity contribution in [2.75, 3.05) is 5.32 Å². The van der Waals surface area contributed by atoms with Crippen molar-refractivity contribution in [2.24, 2.45) is 0 Å². The summed E-state index contributed by atoms with van der Waals surface area (Å²) in [4.78, 5) is 11.6. The SMILES string of the molecule is Fc1cnc(Cl)nc1Nc1cccc2ncccc12. The van der Waals surface area contributed by atoms with Crippen molar-refractivity contribution in [1.82, 2.24) is 15.0 Å². The van der Waals surface area contributed by atoms with Gasteiger partial charge in [0.05, 0.1) is 11.7 Å². The van der Waals surface area contributed by atoms with Crippen LogP contribution in [0.3, 0.4) is 0 Å². The number of hydrogen-bond acceptors (Lipinski definition) is 4. The van der Waals surface area contributed by atoms with Gasteiger partial charge < -0.3 is 5.32 Å². The van der Waals surface area contributed by atoms with Crippen molar-refractivity contribution in [1.29, 1.82) is 0 Å². The summed E-state index contributed by atoms with van der Waals surface area (Å²) in [7, 11) is 0. The number of fused-ring (bicyclic) bond motifs is 1. The van der Waals surface area contributed by atoms with Crippen molar-refractivity contribution in [2.45, 2.75) is 0 Å². The Morgan fingerprint density at radius 2 is 2.00 bits per heavy atom. The molecule has 3 aromatic rings. The molecule has 3 rings (SSSR count). The van der Waals surface area contributed by atoms with Crippen molar-refractivity contribution in [3.05, 3.63) is 53.8 Å². The number of pyridine rings is 1. The number of rotatable bonds is 2. The Balaban J connectivity index is 2.08. The lowest BCUT2D eigenvalue weighted by atomic mass is 10.2. The molecule has 0 bridgehead atoms. The van der Waals surface area contributed by atoms with Gasteiger partial charge in [-0.15, -0.1) is 0 Å². The lowest BCUT2D eigenvalue weighted by Crippen LogP contribution is -1.99. The van der Waals surface area contributed by atoms with Gasteiger partial charge >= 0.3 is 0 Å².